The molecule has 0 unspecified atom stereocenters. The summed E-state index contributed by atoms with van der Waals surface area (Å²) in [5.41, 5.74) is -0.510. The molecule has 142 valence electrons. The van der Waals surface area contributed by atoms with Gasteiger partial charge in [-0.05, 0) is 21.5 Å². The van der Waals surface area contributed by atoms with Gasteiger partial charge in [0.2, 0.25) is 0 Å². The van der Waals surface area contributed by atoms with Crippen LogP contribution < -0.4 is 5.32 Å². The van der Waals surface area contributed by atoms with Crippen molar-refractivity contribution in [2.45, 2.75) is 12.7 Å². The molecule has 3 rings (SSSR count). The maximum absolute atomic E-state index is 13.0. The van der Waals surface area contributed by atoms with E-state index in [-0.39, 0.29) is 10.8 Å². The van der Waals surface area contributed by atoms with E-state index >= 15 is 0 Å². The molecule has 3 aromatic rings. The number of rotatable bonds is 4. The zero-order valence-electron chi connectivity index (χ0n) is 13.8. The van der Waals surface area contributed by atoms with Gasteiger partial charge in [-0.25, -0.2) is 0 Å². The number of amides is 1. The summed E-state index contributed by atoms with van der Waals surface area (Å²) in [4.78, 5) is 12.4. The highest BCUT2D eigenvalue weighted by Crippen LogP contribution is 2.36. The lowest BCUT2D eigenvalue weighted by atomic mass is 10.2. The Labute approximate surface area is 165 Å². The number of carbonyl (C=O) groups excluding carboxylic acids is 1. The maximum atomic E-state index is 13.0. The zero-order valence-corrected chi connectivity index (χ0v) is 16.1. The molecule has 6 nitrogen and oxygen atoms in total. The SMILES string of the molecule is Cn1nc(C(=O)Nc2nn(Cc3ccccc3)cc2Cl)c(Br)c1C(F)(F)F. The molecule has 0 saturated heterocycles. The van der Waals surface area contributed by atoms with Crippen LogP contribution in [0, 0.1) is 0 Å². The van der Waals surface area contributed by atoms with Crippen LogP contribution in [0.1, 0.15) is 21.7 Å². The van der Waals surface area contributed by atoms with Gasteiger partial charge < -0.3 is 5.32 Å². The standard InChI is InChI=1S/C16H12BrClF3N5O/c1-25-13(16(19,20)21)11(17)12(23-25)15(27)22-14-10(18)8-26(24-14)7-9-5-3-2-4-6-9/h2-6,8H,7H2,1H3,(H,22,24,27). The Balaban J connectivity index is 1.81. The Morgan fingerprint density at radius 3 is 2.52 bits per heavy atom. The lowest BCUT2D eigenvalue weighted by Gasteiger charge is -2.06. The summed E-state index contributed by atoms with van der Waals surface area (Å²) in [6, 6.07) is 9.43. The van der Waals surface area contributed by atoms with Gasteiger partial charge in [0, 0.05) is 13.2 Å². The average Bonchev–Trinajstić information content (AvgIpc) is 3.07. The monoisotopic (exact) mass is 461 g/mol. The van der Waals surface area contributed by atoms with Gasteiger partial charge in [0.05, 0.1) is 11.0 Å². The summed E-state index contributed by atoms with van der Waals surface area (Å²) in [5.74, 6) is -0.830. The fourth-order valence-corrected chi connectivity index (χ4v) is 3.39. The first-order chi connectivity index (χ1) is 12.7. The molecule has 0 spiro atoms. The second kappa shape index (κ2) is 7.35. The molecule has 0 aliphatic carbocycles. The molecule has 0 saturated carbocycles. The topological polar surface area (TPSA) is 64.7 Å². The number of alkyl halides is 3. The highest BCUT2D eigenvalue weighted by molar-refractivity contribution is 9.10. The van der Waals surface area contributed by atoms with Crippen LogP contribution in [-0.2, 0) is 19.8 Å². The highest BCUT2D eigenvalue weighted by Gasteiger charge is 2.39. The Kier molecular flexibility index (Phi) is 5.29. The van der Waals surface area contributed by atoms with Crippen molar-refractivity contribution in [1.29, 1.82) is 0 Å². The van der Waals surface area contributed by atoms with Crippen molar-refractivity contribution in [3.05, 3.63) is 63.0 Å². The summed E-state index contributed by atoms with van der Waals surface area (Å²) in [6.07, 6.45) is -3.15. The van der Waals surface area contributed by atoms with Crippen LogP contribution in [0.3, 0.4) is 0 Å². The fourth-order valence-electron chi connectivity index (χ4n) is 2.45. The van der Waals surface area contributed by atoms with Crippen LogP contribution in [0.25, 0.3) is 0 Å². The predicted octanol–water partition coefficient (Wildman–Crippen LogP) is 4.35. The summed E-state index contributed by atoms with van der Waals surface area (Å²) in [5, 5.41) is 10.3. The van der Waals surface area contributed by atoms with Crippen LogP contribution in [0.4, 0.5) is 19.0 Å². The third-order valence-corrected chi connectivity index (χ3v) is 4.64. The van der Waals surface area contributed by atoms with E-state index < -0.39 is 27.9 Å². The quantitative estimate of drug-likeness (QED) is 0.627. The number of hydrogen-bond acceptors (Lipinski definition) is 3. The summed E-state index contributed by atoms with van der Waals surface area (Å²) < 4.78 is 40.7. The molecule has 0 aliphatic rings. The second-order valence-electron chi connectivity index (χ2n) is 5.60. The first-order valence-electron chi connectivity index (χ1n) is 7.54. The molecule has 0 aliphatic heterocycles. The van der Waals surface area contributed by atoms with Crippen LogP contribution in [0.15, 0.2) is 41.0 Å². The molecule has 1 N–H and O–H groups in total. The van der Waals surface area contributed by atoms with Crippen molar-refractivity contribution in [3.8, 4) is 0 Å². The van der Waals surface area contributed by atoms with Crippen molar-refractivity contribution >= 4 is 39.3 Å². The smallest absolute Gasteiger partial charge is 0.302 e. The molecule has 0 fully saturated rings. The van der Waals surface area contributed by atoms with Crippen molar-refractivity contribution in [1.82, 2.24) is 19.6 Å². The van der Waals surface area contributed by atoms with Gasteiger partial charge in [-0.1, -0.05) is 41.9 Å². The van der Waals surface area contributed by atoms with E-state index in [1.165, 1.54) is 10.9 Å². The average molecular weight is 463 g/mol. The van der Waals surface area contributed by atoms with Gasteiger partial charge in [0.1, 0.15) is 5.02 Å². The molecule has 1 amide bonds. The molecule has 27 heavy (non-hydrogen) atoms. The zero-order chi connectivity index (χ0) is 19.8. The van der Waals surface area contributed by atoms with Crippen LogP contribution in [0.5, 0.6) is 0 Å². The molecule has 1 aromatic carbocycles. The number of hydrogen-bond donors (Lipinski definition) is 1. The minimum absolute atomic E-state index is 0.0312. The first kappa shape index (κ1) is 19.4. The molecular formula is C16H12BrClF3N5O. The number of nitrogens with zero attached hydrogens (tertiary/aromatic N) is 4. The van der Waals surface area contributed by atoms with E-state index in [0.29, 0.717) is 11.2 Å². The number of aromatic nitrogens is 4. The van der Waals surface area contributed by atoms with Gasteiger partial charge in [0.25, 0.3) is 5.91 Å². The van der Waals surface area contributed by atoms with E-state index in [4.69, 9.17) is 11.6 Å². The molecule has 2 aromatic heterocycles. The van der Waals surface area contributed by atoms with Gasteiger partial charge in [-0.2, -0.15) is 23.4 Å². The Bertz CT molecular complexity index is 984. The molecule has 0 radical (unpaired) electrons. The van der Waals surface area contributed by atoms with Crippen molar-refractivity contribution in [2.75, 3.05) is 5.32 Å². The third kappa shape index (κ3) is 4.16. The van der Waals surface area contributed by atoms with E-state index in [0.717, 1.165) is 12.6 Å². The van der Waals surface area contributed by atoms with E-state index in [9.17, 15) is 18.0 Å². The van der Waals surface area contributed by atoms with Crippen molar-refractivity contribution in [2.24, 2.45) is 7.05 Å². The summed E-state index contributed by atoms with van der Waals surface area (Å²) in [7, 11) is 1.10. The second-order valence-corrected chi connectivity index (χ2v) is 6.80. The molecule has 11 heteroatoms. The highest BCUT2D eigenvalue weighted by atomic mass is 79.9. The first-order valence-corrected chi connectivity index (χ1v) is 8.72. The number of halogens is 5. The summed E-state index contributed by atoms with van der Waals surface area (Å²) in [6.45, 7) is 0.419. The lowest BCUT2D eigenvalue weighted by molar-refractivity contribution is -0.144. The van der Waals surface area contributed by atoms with E-state index in [1.807, 2.05) is 30.3 Å². The van der Waals surface area contributed by atoms with Gasteiger partial charge >= 0.3 is 6.18 Å². The van der Waals surface area contributed by atoms with Gasteiger partial charge in [-0.3, -0.25) is 14.2 Å². The Morgan fingerprint density at radius 1 is 1.26 bits per heavy atom. The number of carbonyl (C=O) groups is 1. The number of anilines is 1. The van der Waals surface area contributed by atoms with Crippen molar-refractivity contribution < 1.29 is 18.0 Å². The molecular weight excluding hydrogens is 451 g/mol. The van der Waals surface area contributed by atoms with Crippen LogP contribution >= 0.6 is 27.5 Å². The predicted molar refractivity (Wildman–Crippen MR) is 96.6 cm³/mol. The number of benzene rings is 1. The Morgan fingerprint density at radius 2 is 1.93 bits per heavy atom. The lowest BCUT2D eigenvalue weighted by Crippen LogP contribution is -2.14. The molecule has 2 heterocycles. The number of aryl methyl sites for hydroxylation is 1. The van der Waals surface area contributed by atoms with Gasteiger partial charge in [-0.15, -0.1) is 0 Å². The summed E-state index contributed by atoms with van der Waals surface area (Å²) >= 11 is 8.87. The van der Waals surface area contributed by atoms with Gasteiger partial charge in [0.15, 0.2) is 17.2 Å². The van der Waals surface area contributed by atoms with Crippen LogP contribution in [-0.4, -0.2) is 25.5 Å². The van der Waals surface area contributed by atoms with E-state index in [1.54, 1.807) is 0 Å². The fraction of sp³-hybridized carbons (Fsp3) is 0.188. The maximum Gasteiger partial charge on any atom is 0.434 e. The Hall–Kier alpha value is -2.33. The van der Waals surface area contributed by atoms with E-state index in [2.05, 4.69) is 31.4 Å². The molecule has 0 atom stereocenters. The number of nitrogens with one attached hydrogen (secondary N) is 1. The normalized spacial score (nSPS) is 11.6. The third-order valence-electron chi connectivity index (χ3n) is 3.61. The minimum atomic E-state index is -4.66. The molecule has 0 bridgehead atoms. The minimum Gasteiger partial charge on any atom is -0.302 e. The van der Waals surface area contributed by atoms with Crippen LogP contribution in [0.2, 0.25) is 5.02 Å². The van der Waals surface area contributed by atoms with Crippen molar-refractivity contribution in [3.63, 3.8) is 0 Å². The largest absolute Gasteiger partial charge is 0.434 e.